The molecule has 146 valence electrons. The normalized spacial score (nSPS) is 13.1. The SMILES string of the molecule is Nc1c(Oc2cccc(C(F)(F)F)c2)cc(O)c2c1C(=O)c1ccccc1C2=O. The van der Waals surface area contributed by atoms with Gasteiger partial charge in [0.25, 0.3) is 0 Å². The molecule has 3 aromatic rings. The number of anilines is 1. The van der Waals surface area contributed by atoms with E-state index in [0.29, 0.717) is 0 Å². The first-order valence-corrected chi connectivity index (χ1v) is 8.37. The topological polar surface area (TPSA) is 89.6 Å². The Morgan fingerprint density at radius 1 is 0.862 bits per heavy atom. The van der Waals surface area contributed by atoms with Crippen LogP contribution < -0.4 is 10.5 Å². The zero-order valence-electron chi connectivity index (χ0n) is 14.6. The van der Waals surface area contributed by atoms with Gasteiger partial charge in [0.1, 0.15) is 11.5 Å². The van der Waals surface area contributed by atoms with E-state index in [4.69, 9.17) is 10.5 Å². The Morgan fingerprint density at radius 3 is 2.10 bits per heavy atom. The Kier molecular flexibility index (Phi) is 4.07. The van der Waals surface area contributed by atoms with Crippen molar-refractivity contribution < 1.29 is 32.6 Å². The predicted octanol–water partition coefficient (Wildman–Crippen LogP) is 4.56. The fourth-order valence-corrected chi connectivity index (χ4v) is 3.22. The Balaban J connectivity index is 1.82. The highest BCUT2D eigenvalue weighted by Crippen LogP contribution is 2.43. The number of aromatic hydroxyl groups is 1. The average molecular weight is 399 g/mol. The number of hydrogen-bond acceptors (Lipinski definition) is 5. The van der Waals surface area contributed by atoms with E-state index in [1.54, 1.807) is 12.1 Å². The summed E-state index contributed by atoms with van der Waals surface area (Å²) in [6.07, 6.45) is -4.57. The molecule has 0 amide bonds. The smallest absolute Gasteiger partial charge is 0.416 e. The summed E-state index contributed by atoms with van der Waals surface area (Å²) in [5.41, 5.74) is 4.59. The summed E-state index contributed by atoms with van der Waals surface area (Å²) in [5.74, 6) is -2.14. The van der Waals surface area contributed by atoms with Crippen molar-refractivity contribution in [2.24, 2.45) is 0 Å². The first-order valence-electron chi connectivity index (χ1n) is 8.37. The number of alkyl halides is 3. The zero-order valence-corrected chi connectivity index (χ0v) is 14.6. The number of fused-ring (bicyclic) bond motifs is 2. The number of nitrogens with two attached hydrogens (primary N) is 1. The van der Waals surface area contributed by atoms with Crippen molar-refractivity contribution in [2.75, 3.05) is 5.73 Å². The van der Waals surface area contributed by atoms with Gasteiger partial charge in [-0.1, -0.05) is 30.3 Å². The molecule has 3 aromatic carbocycles. The van der Waals surface area contributed by atoms with Crippen molar-refractivity contribution in [3.8, 4) is 17.2 Å². The highest BCUT2D eigenvalue weighted by atomic mass is 19.4. The molecule has 0 heterocycles. The minimum absolute atomic E-state index is 0.118. The number of halogens is 3. The Hall–Kier alpha value is -3.81. The van der Waals surface area contributed by atoms with Crippen molar-refractivity contribution in [3.05, 3.63) is 82.4 Å². The highest BCUT2D eigenvalue weighted by Gasteiger charge is 2.35. The van der Waals surface area contributed by atoms with Crippen molar-refractivity contribution in [2.45, 2.75) is 6.18 Å². The van der Waals surface area contributed by atoms with Crippen molar-refractivity contribution in [1.29, 1.82) is 0 Å². The average Bonchev–Trinajstić information content (AvgIpc) is 2.68. The van der Waals surface area contributed by atoms with Gasteiger partial charge in [0, 0.05) is 17.2 Å². The number of rotatable bonds is 2. The maximum atomic E-state index is 12.9. The molecular weight excluding hydrogens is 387 g/mol. The molecule has 0 aromatic heterocycles. The molecule has 8 heteroatoms. The number of ketones is 2. The van der Waals surface area contributed by atoms with Gasteiger partial charge < -0.3 is 15.6 Å². The number of nitrogen functional groups attached to an aromatic ring is 1. The molecule has 1 aliphatic carbocycles. The van der Waals surface area contributed by atoms with Gasteiger partial charge in [-0.2, -0.15) is 13.2 Å². The Morgan fingerprint density at radius 2 is 1.48 bits per heavy atom. The molecule has 0 bridgehead atoms. The second-order valence-corrected chi connectivity index (χ2v) is 6.39. The summed E-state index contributed by atoms with van der Waals surface area (Å²) in [6, 6.07) is 11.1. The lowest BCUT2D eigenvalue weighted by Crippen LogP contribution is -2.22. The van der Waals surface area contributed by atoms with Crippen LogP contribution in [0.4, 0.5) is 18.9 Å². The van der Waals surface area contributed by atoms with Crippen LogP contribution in [0, 0.1) is 0 Å². The van der Waals surface area contributed by atoms with E-state index in [-0.39, 0.29) is 39.4 Å². The Bertz CT molecular complexity index is 1190. The molecule has 0 spiro atoms. The molecule has 5 nitrogen and oxygen atoms in total. The monoisotopic (exact) mass is 399 g/mol. The van der Waals surface area contributed by atoms with E-state index in [1.807, 2.05) is 0 Å². The maximum Gasteiger partial charge on any atom is 0.416 e. The van der Waals surface area contributed by atoms with Crippen molar-refractivity contribution in [1.82, 2.24) is 0 Å². The van der Waals surface area contributed by atoms with Gasteiger partial charge in [-0.05, 0) is 18.2 Å². The molecule has 0 aliphatic heterocycles. The molecule has 0 fully saturated rings. The number of ether oxygens (including phenoxy) is 1. The molecule has 0 atom stereocenters. The number of carbonyl (C=O) groups is 2. The summed E-state index contributed by atoms with van der Waals surface area (Å²) in [6.45, 7) is 0. The van der Waals surface area contributed by atoms with E-state index in [2.05, 4.69) is 0 Å². The molecule has 29 heavy (non-hydrogen) atoms. The van der Waals surface area contributed by atoms with E-state index in [9.17, 15) is 27.9 Å². The van der Waals surface area contributed by atoms with Gasteiger partial charge in [-0.3, -0.25) is 9.59 Å². The van der Waals surface area contributed by atoms with Crippen LogP contribution in [0.5, 0.6) is 17.2 Å². The number of carbonyl (C=O) groups excluding carboxylic acids is 2. The molecule has 0 radical (unpaired) electrons. The van der Waals surface area contributed by atoms with Gasteiger partial charge in [-0.25, -0.2) is 0 Å². The van der Waals surface area contributed by atoms with E-state index in [1.165, 1.54) is 18.2 Å². The van der Waals surface area contributed by atoms with Gasteiger partial charge >= 0.3 is 6.18 Å². The first-order chi connectivity index (χ1) is 13.7. The lowest BCUT2D eigenvalue weighted by atomic mass is 9.82. The van der Waals surface area contributed by atoms with E-state index >= 15 is 0 Å². The van der Waals surface area contributed by atoms with Crippen LogP contribution in [0.25, 0.3) is 0 Å². The minimum Gasteiger partial charge on any atom is -0.507 e. The van der Waals surface area contributed by atoms with Crippen molar-refractivity contribution in [3.63, 3.8) is 0 Å². The van der Waals surface area contributed by atoms with Gasteiger partial charge in [-0.15, -0.1) is 0 Å². The quantitative estimate of drug-likeness (QED) is 0.381. The summed E-state index contributed by atoms with van der Waals surface area (Å²) >= 11 is 0. The molecular formula is C21H12F3NO4. The number of phenolic OH excluding ortho intramolecular Hbond substituents is 1. The van der Waals surface area contributed by atoms with E-state index in [0.717, 1.165) is 24.3 Å². The van der Waals surface area contributed by atoms with Crippen LogP contribution in [0.3, 0.4) is 0 Å². The standard InChI is InChI=1S/C21H12F3NO4/c22-21(23,24)10-4-3-5-11(8-10)29-15-9-14(26)16-17(18(15)25)20(28)13-7-2-1-6-12(13)19(16)27/h1-9,26H,25H2. The summed E-state index contributed by atoms with van der Waals surface area (Å²) in [4.78, 5) is 25.6. The predicted molar refractivity (Wildman–Crippen MR) is 97.3 cm³/mol. The van der Waals surface area contributed by atoms with Crippen LogP contribution in [0.15, 0.2) is 54.6 Å². The lowest BCUT2D eigenvalue weighted by molar-refractivity contribution is -0.137. The first kappa shape index (κ1) is 18.5. The third-order valence-electron chi connectivity index (χ3n) is 4.57. The number of benzene rings is 3. The molecule has 1 aliphatic rings. The Labute approximate surface area is 162 Å². The summed E-state index contributed by atoms with van der Waals surface area (Å²) in [5, 5.41) is 10.3. The molecule has 3 N–H and O–H groups in total. The lowest BCUT2D eigenvalue weighted by Gasteiger charge is -2.21. The van der Waals surface area contributed by atoms with Crippen LogP contribution in [0.2, 0.25) is 0 Å². The zero-order chi connectivity index (χ0) is 20.9. The highest BCUT2D eigenvalue weighted by molar-refractivity contribution is 6.31. The maximum absolute atomic E-state index is 12.9. The molecule has 0 unspecified atom stereocenters. The third kappa shape index (κ3) is 2.98. The molecule has 0 saturated carbocycles. The molecule has 0 saturated heterocycles. The van der Waals surface area contributed by atoms with Crippen LogP contribution in [-0.4, -0.2) is 16.7 Å². The minimum atomic E-state index is -4.57. The molecule has 4 rings (SSSR count). The van der Waals surface area contributed by atoms with E-state index < -0.39 is 29.1 Å². The summed E-state index contributed by atoms with van der Waals surface area (Å²) in [7, 11) is 0. The number of phenols is 1. The van der Waals surface area contributed by atoms with Gasteiger partial charge in [0.2, 0.25) is 0 Å². The fraction of sp³-hybridized carbons (Fsp3) is 0.0476. The second-order valence-electron chi connectivity index (χ2n) is 6.39. The van der Waals surface area contributed by atoms with Crippen LogP contribution >= 0.6 is 0 Å². The fourth-order valence-electron chi connectivity index (χ4n) is 3.22. The second kappa shape index (κ2) is 6.37. The van der Waals surface area contributed by atoms with Gasteiger partial charge in [0.05, 0.1) is 22.4 Å². The van der Waals surface area contributed by atoms with Crippen LogP contribution in [-0.2, 0) is 6.18 Å². The summed E-state index contributed by atoms with van der Waals surface area (Å²) < 4.78 is 44.1. The number of hydrogen-bond donors (Lipinski definition) is 2. The van der Waals surface area contributed by atoms with Crippen LogP contribution in [0.1, 0.15) is 37.4 Å². The third-order valence-corrected chi connectivity index (χ3v) is 4.57. The largest absolute Gasteiger partial charge is 0.507 e. The van der Waals surface area contributed by atoms with Crippen molar-refractivity contribution >= 4 is 17.3 Å². The van der Waals surface area contributed by atoms with Gasteiger partial charge in [0.15, 0.2) is 17.3 Å².